The van der Waals surface area contributed by atoms with E-state index in [0.29, 0.717) is 0 Å². The van der Waals surface area contributed by atoms with E-state index < -0.39 is 0 Å². The fourth-order valence-corrected chi connectivity index (χ4v) is 2.50. The number of hydrogen-bond donors (Lipinski definition) is 0. The molecule has 0 aromatic heterocycles. The highest BCUT2D eigenvalue weighted by Gasteiger charge is 2.32. The van der Waals surface area contributed by atoms with Crippen molar-refractivity contribution in [3.8, 4) is 0 Å². The zero-order valence-electron chi connectivity index (χ0n) is 8.84. The summed E-state index contributed by atoms with van der Waals surface area (Å²) < 4.78 is 0. The Balaban J connectivity index is 0.000000336. The molecule has 0 aromatic rings. The van der Waals surface area contributed by atoms with Gasteiger partial charge in [-0.3, -0.25) is 0 Å². The maximum absolute atomic E-state index is 2.69. The second kappa shape index (κ2) is 4.86. The van der Waals surface area contributed by atoms with E-state index in [1.165, 1.54) is 38.8 Å². The highest BCUT2D eigenvalue weighted by atomic mass is 15.2. The lowest BCUT2D eigenvalue weighted by Crippen LogP contribution is -2.36. The van der Waals surface area contributed by atoms with Gasteiger partial charge in [0.15, 0.2) is 0 Å². The summed E-state index contributed by atoms with van der Waals surface area (Å²) in [5.74, 6) is 0.986. The van der Waals surface area contributed by atoms with Crippen LogP contribution >= 0.6 is 0 Å². The van der Waals surface area contributed by atoms with Crippen molar-refractivity contribution >= 4 is 0 Å². The van der Waals surface area contributed by atoms with Crippen LogP contribution in [0.4, 0.5) is 0 Å². The van der Waals surface area contributed by atoms with Crippen molar-refractivity contribution in [3.05, 3.63) is 0 Å². The number of nitrogens with zero attached hydrogens (tertiary/aromatic N) is 1. The fraction of sp³-hybridized carbons (Fsp3) is 1.00. The summed E-state index contributed by atoms with van der Waals surface area (Å²) in [5, 5.41) is 0. The maximum atomic E-state index is 2.69. The Bertz CT molecular complexity index is 120. The van der Waals surface area contributed by atoms with Crippen molar-refractivity contribution in [2.75, 3.05) is 13.1 Å². The van der Waals surface area contributed by atoms with Crippen molar-refractivity contribution in [1.29, 1.82) is 0 Å². The van der Waals surface area contributed by atoms with Gasteiger partial charge in [-0.25, -0.2) is 0 Å². The number of rotatable bonds is 0. The quantitative estimate of drug-likeness (QED) is 0.539. The third-order valence-electron chi connectivity index (χ3n) is 3.19. The van der Waals surface area contributed by atoms with E-state index >= 15 is 0 Å². The van der Waals surface area contributed by atoms with Gasteiger partial charge in [0.1, 0.15) is 0 Å². The molecule has 12 heavy (non-hydrogen) atoms. The van der Waals surface area contributed by atoms with Crippen molar-refractivity contribution in [3.63, 3.8) is 0 Å². The van der Waals surface area contributed by atoms with Crippen LogP contribution in [-0.2, 0) is 0 Å². The van der Waals surface area contributed by atoms with E-state index in [9.17, 15) is 0 Å². The smallest absolute Gasteiger partial charge is 0.0121 e. The minimum Gasteiger partial charge on any atom is -0.300 e. The van der Waals surface area contributed by atoms with Gasteiger partial charge in [0.05, 0.1) is 0 Å². The van der Waals surface area contributed by atoms with Crippen LogP contribution in [0.3, 0.4) is 0 Å². The van der Waals surface area contributed by atoms with Gasteiger partial charge < -0.3 is 4.90 Å². The van der Waals surface area contributed by atoms with Crippen molar-refractivity contribution in [2.45, 2.75) is 52.5 Å². The first-order chi connectivity index (χ1) is 5.88. The molecule has 1 heteroatoms. The van der Waals surface area contributed by atoms with Crippen LogP contribution < -0.4 is 0 Å². The Labute approximate surface area is 77.1 Å². The summed E-state index contributed by atoms with van der Waals surface area (Å²) in [5.41, 5.74) is 0. The van der Waals surface area contributed by atoms with Crippen LogP contribution in [-0.4, -0.2) is 24.0 Å². The van der Waals surface area contributed by atoms with Crippen LogP contribution in [0.25, 0.3) is 0 Å². The zero-order chi connectivity index (χ0) is 8.97. The monoisotopic (exact) mass is 169 g/mol. The molecule has 2 aliphatic rings. The molecule has 1 nitrogen and oxygen atoms in total. The standard InChI is InChI=1S/C9H17N.C2H6/c1-8-5-7-10-6-3-2-4-9(8)10;1-2/h8-9H,2-7H2,1H3;1-2H3. The summed E-state index contributed by atoms with van der Waals surface area (Å²) in [6, 6.07) is 0.966. The van der Waals surface area contributed by atoms with Crippen LogP contribution in [0.1, 0.15) is 46.5 Å². The van der Waals surface area contributed by atoms with Gasteiger partial charge in [-0.1, -0.05) is 27.2 Å². The average molecular weight is 169 g/mol. The molecular formula is C11H23N. The summed E-state index contributed by atoms with van der Waals surface area (Å²) in [6.07, 6.45) is 5.85. The van der Waals surface area contributed by atoms with Gasteiger partial charge in [-0.2, -0.15) is 0 Å². The summed E-state index contributed by atoms with van der Waals surface area (Å²) in [7, 11) is 0. The largest absolute Gasteiger partial charge is 0.300 e. The van der Waals surface area contributed by atoms with E-state index in [2.05, 4.69) is 11.8 Å². The molecule has 0 radical (unpaired) electrons. The van der Waals surface area contributed by atoms with E-state index in [1.807, 2.05) is 13.8 Å². The van der Waals surface area contributed by atoms with Crippen molar-refractivity contribution < 1.29 is 0 Å². The van der Waals surface area contributed by atoms with E-state index in [4.69, 9.17) is 0 Å². The first-order valence-electron chi connectivity index (χ1n) is 5.62. The molecule has 2 fully saturated rings. The van der Waals surface area contributed by atoms with Crippen molar-refractivity contribution in [1.82, 2.24) is 4.90 Å². The summed E-state index contributed by atoms with van der Waals surface area (Å²) in [4.78, 5) is 2.69. The van der Waals surface area contributed by atoms with E-state index in [-0.39, 0.29) is 0 Å². The predicted molar refractivity (Wildman–Crippen MR) is 54.3 cm³/mol. The molecule has 0 aromatic carbocycles. The van der Waals surface area contributed by atoms with Crippen LogP contribution in [0.5, 0.6) is 0 Å². The molecule has 0 saturated carbocycles. The molecule has 0 bridgehead atoms. The molecule has 2 aliphatic heterocycles. The fourth-order valence-electron chi connectivity index (χ4n) is 2.50. The molecular weight excluding hydrogens is 146 g/mol. The number of piperidine rings is 1. The minimum atomic E-state index is 0.966. The molecule has 2 rings (SSSR count). The lowest BCUT2D eigenvalue weighted by Gasteiger charge is -2.31. The Morgan fingerprint density at radius 2 is 1.75 bits per heavy atom. The third kappa shape index (κ3) is 2.01. The normalized spacial score (nSPS) is 35.2. The topological polar surface area (TPSA) is 3.24 Å². The molecule has 2 saturated heterocycles. The highest BCUT2D eigenvalue weighted by molar-refractivity contribution is 4.86. The van der Waals surface area contributed by atoms with Crippen LogP contribution in [0.2, 0.25) is 0 Å². The third-order valence-corrected chi connectivity index (χ3v) is 3.19. The molecule has 0 N–H and O–H groups in total. The second-order valence-electron chi connectivity index (χ2n) is 3.87. The molecule has 2 atom stereocenters. The SMILES string of the molecule is CC.CC1CCN2CCCCC12. The first kappa shape index (κ1) is 10.0. The van der Waals surface area contributed by atoms with E-state index in [0.717, 1.165) is 12.0 Å². The Morgan fingerprint density at radius 3 is 2.42 bits per heavy atom. The van der Waals surface area contributed by atoms with Gasteiger partial charge in [-0.15, -0.1) is 0 Å². The lowest BCUT2D eigenvalue weighted by molar-refractivity contribution is 0.177. The van der Waals surface area contributed by atoms with Crippen molar-refractivity contribution in [2.24, 2.45) is 5.92 Å². The van der Waals surface area contributed by atoms with Crippen LogP contribution in [0, 0.1) is 5.92 Å². The van der Waals surface area contributed by atoms with Gasteiger partial charge in [0.2, 0.25) is 0 Å². The average Bonchev–Trinajstić information content (AvgIpc) is 2.53. The second-order valence-corrected chi connectivity index (χ2v) is 3.87. The zero-order valence-corrected chi connectivity index (χ0v) is 8.84. The Kier molecular flexibility index (Phi) is 4.07. The first-order valence-corrected chi connectivity index (χ1v) is 5.62. The van der Waals surface area contributed by atoms with Gasteiger partial charge in [-0.05, 0) is 38.3 Å². The minimum absolute atomic E-state index is 0.966. The molecule has 2 heterocycles. The number of fused-ring (bicyclic) bond motifs is 1. The van der Waals surface area contributed by atoms with E-state index in [1.54, 1.807) is 0 Å². The van der Waals surface area contributed by atoms with Gasteiger partial charge in [0, 0.05) is 6.04 Å². The van der Waals surface area contributed by atoms with Gasteiger partial charge >= 0.3 is 0 Å². The highest BCUT2D eigenvalue weighted by Crippen LogP contribution is 2.30. The Morgan fingerprint density at radius 1 is 1.00 bits per heavy atom. The molecule has 0 aliphatic carbocycles. The molecule has 2 unspecified atom stereocenters. The maximum Gasteiger partial charge on any atom is 0.0121 e. The molecule has 72 valence electrons. The van der Waals surface area contributed by atoms with Crippen LogP contribution in [0.15, 0.2) is 0 Å². The lowest BCUT2D eigenvalue weighted by atomic mass is 9.95. The summed E-state index contributed by atoms with van der Waals surface area (Å²) in [6.45, 7) is 9.18. The molecule has 0 amide bonds. The number of hydrogen-bond acceptors (Lipinski definition) is 1. The summed E-state index contributed by atoms with van der Waals surface area (Å²) >= 11 is 0. The predicted octanol–water partition coefficient (Wildman–Crippen LogP) is 2.91. The Hall–Kier alpha value is -0.0400. The van der Waals surface area contributed by atoms with Gasteiger partial charge in [0.25, 0.3) is 0 Å². The molecule has 0 spiro atoms.